The number of hydrogen-bond acceptors (Lipinski definition) is 5. The molecule has 7 heteroatoms. The number of benzene rings is 1. The van der Waals surface area contributed by atoms with Crippen LogP contribution in [0.15, 0.2) is 30.3 Å². The van der Waals surface area contributed by atoms with E-state index < -0.39 is 11.6 Å². The van der Waals surface area contributed by atoms with Gasteiger partial charge in [0.2, 0.25) is 0 Å². The van der Waals surface area contributed by atoms with Gasteiger partial charge in [0.1, 0.15) is 6.54 Å². The van der Waals surface area contributed by atoms with Gasteiger partial charge in [-0.15, -0.1) is 0 Å². The first-order chi connectivity index (χ1) is 12.9. The Kier molecular flexibility index (Phi) is 7.65. The number of carbonyl (C=O) groups is 2. The van der Waals surface area contributed by atoms with Gasteiger partial charge in [0.15, 0.2) is 18.2 Å². The summed E-state index contributed by atoms with van der Waals surface area (Å²) >= 11 is 0. The quantitative estimate of drug-likeness (QED) is 0.440. The molecule has 0 amide bonds. The summed E-state index contributed by atoms with van der Waals surface area (Å²) in [4.78, 5) is 24.8. The molecule has 1 heterocycles. The van der Waals surface area contributed by atoms with Crippen LogP contribution in [-0.2, 0) is 24.7 Å². The van der Waals surface area contributed by atoms with Crippen LogP contribution in [0.1, 0.15) is 37.7 Å². The molecular formula is C21H30BrNO5. The van der Waals surface area contributed by atoms with Crippen molar-refractivity contribution in [2.75, 3.05) is 33.8 Å². The number of nitrogens with zero attached hydrogens (tertiary/aromatic N) is 1. The summed E-state index contributed by atoms with van der Waals surface area (Å²) in [6.07, 6.45) is 4.05. The summed E-state index contributed by atoms with van der Waals surface area (Å²) in [6, 6.07) is 9.14. The summed E-state index contributed by atoms with van der Waals surface area (Å²) in [5.74, 6) is -0.946. The fraction of sp³-hybridized carbons (Fsp3) is 0.619. The van der Waals surface area contributed by atoms with Gasteiger partial charge in [-0.1, -0.05) is 43.2 Å². The van der Waals surface area contributed by atoms with Crippen molar-refractivity contribution in [2.24, 2.45) is 5.92 Å². The Balaban J connectivity index is 0.00000280. The number of carbonyl (C=O) groups excluding carboxylic acids is 2. The average molecular weight is 456 g/mol. The monoisotopic (exact) mass is 455 g/mol. The number of halogens is 1. The van der Waals surface area contributed by atoms with Crippen LogP contribution in [0.5, 0.6) is 0 Å². The lowest BCUT2D eigenvalue weighted by atomic mass is 9.80. The minimum Gasteiger partial charge on any atom is -1.00 e. The van der Waals surface area contributed by atoms with Crippen molar-refractivity contribution >= 4 is 11.9 Å². The molecule has 1 unspecified atom stereocenters. The number of aliphatic hydroxyl groups is 1. The first kappa shape index (κ1) is 22.8. The van der Waals surface area contributed by atoms with E-state index in [0.717, 1.165) is 32.2 Å². The summed E-state index contributed by atoms with van der Waals surface area (Å²) in [7, 11) is 3.34. The van der Waals surface area contributed by atoms with Crippen molar-refractivity contribution in [3.63, 3.8) is 0 Å². The molecule has 1 aliphatic heterocycles. The number of esters is 2. The Labute approximate surface area is 177 Å². The van der Waals surface area contributed by atoms with E-state index in [9.17, 15) is 14.7 Å². The van der Waals surface area contributed by atoms with Gasteiger partial charge in [-0.05, 0) is 18.4 Å². The van der Waals surface area contributed by atoms with Crippen LogP contribution in [0, 0.1) is 5.92 Å². The third-order valence-electron chi connectivity index (χ3n) is 6.12. The summed E-state index contributed by atoms with van der Waals surface area (Å²) < 4.78 is 11.1. The molecule has 0 aromatic heterocycles. The average Bonchev–Trinajstić information content (AvgIpc) is 3.32. The second-order valence-corrected chi connectivity index (χ2v) is 8.19. The first-order valence-corrected chi connectivity index (χ1v) is 9.77. The van der Waals surface area contributed by atoms with Crippen molar-refractivity contribution in [3.05, 3.63) is 35.9 Å². The number of ether oxygens (including phenoxy) is 2. The lowest BCUT2D eigenvalue weighted by Crippen LogP contribution is -3.00. The molecule has 0 radical (unpaired) electrons. The summed E-state index contributed by atoms with van der Waals surface area (Å²) in [5.41, 5.74) is -1.00. The highest BCUT2D eigenvalue weighted by molar-refractivity contribution is 5.81. The highest BCUT2D eigenvalue weighted by Gasteiger charge is 2.49. The number of quaternary nitrogens is 1. The normalized spacial score (nSPS) is 26.9. The second-order valence-electron chi connectivity index (χ2n) is 8.19. The predicted octanol–water partition coefficient (Wildman–Crippen LogP) is -0.996. The fourth-order valence-corrected chi connectivity index (χ4v) is 4.54. The van der Waals surface area contributed by atoms with Gasteiger partial charge in [-0.3, -0.25) is 0 Å². The van der Waals surface area contributed by atoms with Gasteiger partial charge in [0.05, 0.1) is 20.7 Å². The minimum atomic E-state index is -1.61. The summed E-state index contributed by atoms with van der Waals surface area (Å²) in [5, 5.41) is 11.5. The molecule has 1 N–H and O–H groups in total. The van der Waals surface area contributed by atoms with Crippen molar-refractivity contribution < 1.29 is 45.6 Å². The maximum Gasteiger partial charge on any atom is 0.361 e. The topological polar surface area (TPSA) is 72.8 Å². The first-order valence-electron chi connectivity index (χ1n) is 9.77. The Morgan fingerprint density at radius 2 is 1.82 bits per heavy atom. The van der Waals surface area contributed by atoms with E-state index in [0.29, 0.717) is 23.0 Å². The lowest BCUT2D eigenvalue weighted by Gasteiger charge is -2.33. The molecule has 0 bridgehead atoms. The largest absolute Gasteiger partial charge is 1.00 e. The number of methoxy groups -OCH3 is 1. The minimum absolute atomic E-state index is 0. The Morgan fingerprint density at radius 1 is 1.18 bits per heavy atom. The zero-order valence-corrected chi connectivity index (χ0v) is 18.2. The third kappa shape index (κ3) is 4.75. The van der Waals surface area contributed by atoms with Crippen LogP contribution in [0.4, 0.5) is 0 Å². The molecule has 3 atom stereocenters. The lowest BCUT2D eigenvalue weighted by molar-refractivity contribution is -0.891. The van der Waals surface area contributed by atoms with E-state index in [2.05, 4.69) is 0 Å². The van der Waals surface area contributed by atoms with Crippen molar-refractivity contribution in [3.8, 4) is 0 Å². The zero-order valence-electron chi connectivity index (χ0n) is 16.6. The molecule has 6 nitrogen and oxygen atoms in total. The molecule has 3 rings (SSSR count). The number of hydrogen-bond donors (Lipinski definition) is 1. The van der Waals surface area contributed by atoms with Crippen molar-refractivity contribution in [1.29, 1.82) is 0 Å². The molecule has 2 fully saturated rings. The SMILES string of the molecule is COC(=O)C[N+]1(C)CC[C@H](OC(=O)[C@](O)(c2ccccc2)C2CCCC2)C1.[Br-]. The van der Waals surface area contributed by atoms with Crippen LogP contribution in [0.2, 0.25) is 0 Å². The van der Waals surface area contributed by atoms with Crippen LogP contribution in [0.25, 0.3) is 0 Å². The smallest absolute Gasteiger partial charge is 0.361 e. The number of likely N-dealkylation sites (tertiary alicyclic amines) is 1. The third-order valence-corrected chi connectivity index (χ3v) is 6.12. The van der Waals surface area contributed by atoms with Gasteiger partial charge < -0.3 is 36.0 Å². The molecule has 1 saturated heterocycles. The Bertz CT molecular complexity index is 679. The predicted molar refractivity (Wildman–Crippen MR) is 99.6 cm³/mol. The van der Waals surface area contributed by atoms with Crippen molar-refractivity contribution in [2.45, 2.75) is 43.8 Å². The van der Waals surface area contributed by atoms with Gasteiger partial charge in [-0.25, -0.2) is 9.59 Å². The van der Waals surface area contributed by atoms with Gasteiger partial charge >= 0.3 is 11.9 Å². The van der Waals surface area contributed by atoms with E-state index in [1.165, 1.54) is 7.11 Å². The molecule has 1 aliphatic carbocycles. The maximum absolute atomic E-state index is 13.1. The van der Waals surface area contributed by atoms with Crippen LogP contribution < -0.4 is 17.0 Å². The van der Waals surface area contributed by atoms with Crippen LogP contribution in [0.3, 0.4) is 0 Å². The Hall–Kier alpha value is -1.44. The molecule has 1 saturated carbocycles. The molecule has 2 aliphatic rings. The van der Waals surface area contributed by atoms with Crippen LogP contribution >= 0.6 is 0 Å². The molecule has 28 heavy (non-hydrogen) atoms. The molecule has 0 spiro atoms. The van der Waals surface area contributed by atoms with E-state index in [4.69, 9.17) is 9.47 Å². The van der Waals surface area contributed by atoms with Gasteiger partial charge in [0, 0.05) is 12.3 Å². The summed E-state index contributed by atoms with van der Waals surface area (Å²) in [6.45, 7) is 1.55. The van der Waals surface area contributed by atoms with Gasteiger partial charge in [0.25, 0.3) is 0 Å². The number of rotatable bonds is 6. The van der Waals surface area contributed by atoms with Gasteiger partial charge in [-0.2, -0.15) is 0 Å². The van der Waals surface area contributed by atoms with E-state index >= 15 is 0 Å². The highest BCUT2D eigenvalue weighted by atomic mass is 79.9. The van der Waals surface area contributed by atoms with E-state index in [1.807, 2.05) is 25.2 Å². The zero-order chi connectivity index (χ0) is 19.5. The van der Waals surface area contributed by atoms with E-state index in [-0.39, 0.29) is 41.5 Å². The molecule has 1 aromatic rings. The standard InChI is InChI=1S/C21H30NO5.BrH/c1-22(15-19(23)26-2)13-12-18(14-22)27-20(24)21(25,17-10-6-7-11-17)16-8-4-3-5-9-16;/h3-5,8-9,17-18,25H,6-7,10-15H2,1-2H3;1H/q+1;/p-1/t18-,21-,22?;/m0./s1. The maximum atomic E-state index is 13.1. The Morgan fingerprint density at radius 3 is 2.43 bits per heavy atom. The number of likely N-dealkylation sites (N-methyl/N-ethyl adjacent to an activating group) is 1. The molecular weight excluding hydrogens is 426 g/mol. The van der Waals surface area contributed by atoms with Crippen molar-refractivity contribution in [1.82, 2.24) is 0 Å². The highest BCUT2D eigenvalue weighted by Crippen LogP contribution is 2.42. The molecule has 1 aromatic carbocycles. The second kappa shape index (κ2) is 9.37. The molecule has 156 valence electrons. The fourth-order valence-electron chi connectivity index (χ4n) is 4.54. The van der Waals surface area contributed by atoms with E-state index in [1.54, 1.807) is 12.1 Å². The van der Waals surface area contributed by atoms with Crippen LogP contribution in [-0.4, -0.2) is 61.4 Å².